The number of rotatable bonds is 0. The van der Waals surface area contributed by atoms with E-state index in [1.807, 2.05) is 0 Å². The molecule has 0 unspecified atom stereocenters. The monoisotopic (exact) mass is 148 g/mol. The van der Waals surface area contributed by atoms with E-state index in [0.29, 0.717) is 0 Å². The third kappa shape index (κ3) is 1.02. The van der Waals surface area contributed by atoms with Gasteiger partial charge in [0.15, 0.2) is 5.82 Å². The lowest BCUT2D eigenvalue weighted by atomic mass is 10.3. The minimum absolute atomic E-state index is 0.0901. The number of hydrogen-bond acceptors (Lipinski definition) is 3. The summed E-state index contributed by atoms with van der Waals surface area (Å²) in [6.07, 6.45) is 1.73. The average Bonchev–Trinajstić information content (AvgIpc) is 2.21. The standard InChI is InChI=1S/C8H10N3/c1-8(2)10-6-4-3-5-9-7(6)11-8/h3,5,10H,1-2H3,(H,9,11). The molecule has 0 fully saturated rings. The fraction of sp³-hybridized carbons (Fsp3) is 0.375. The van der Waals surface area contributed by atoms with Gasteiger partial charge in [0, 0.05) is 12.3 Å². The third-order valence-electron chi connectivity index (χ3n) is 1.61. The maximum absolute atomic E-state index is 4.15. The number of pyridine rings is 1. The molecule has 2 N–H and O–H groups in total. The summed E-state index contributed by atoms with van der Waals surface area (Å²) in [6.45, 7) is 4.12. The molecule has 3 nitrogen and oxygen atoms in total. The topological polar surface area (TPSA) is 37.0 Å². The maximum Gasteiger partial charge on any atom is 0.151 e. The number of anilines is 2. The van der Waals surface area contributed by atoms with E-state index in [1.165, 1.54) is 0 Å². The Morgan fingerprint density at radius 2 is 2.27 bits per heavy atom. The van der Waals surface area contributed by atoms with Crippen molar-refractivity contribution in [2.75, 3.05) is 10.6 Å². The number of fused-ring (bicyclic) bond motifs is 1. The molecule has 0 bridgehead atoms. The molecule has 0 aliphatic carbocycles. The highest BCUT2D eigenvalue weighted by molar-refractivity contribution is 5.70. The van der Waals surface area contributed by atoms with Crippen LogP contribution in [0.3, 0.4) is 0 Å². The van der Waals surface area contributed by atoms with Crippen molar-refractivity contribution in [3.05, 3.63) is 18.3 Å². The zero-order valence-corrected chi connectivity index (χ0v) is 6.60. The molecule has 57 valence electrons. The van der Waals surface area contributed by atoms with Crippen molar-refractivity contribution in [3.8, 4) is 0 Å². The van der Waals surface area contributed by atoms with E-state index in [4.69, 9.17) is 0 Å². The molecule has 0 atom stereocenters. The number of nitrogens with one attached hydrogen (secondary N) is 2. The first-order chi connectivity index (χ1) is 5.17. The fourth-order valence-corrected chi connectivity index (χ4v) is 1.20. The highest BCUT2D eigenvalue weighted by atomic mass is 15.3. The highest BCUT2D eigenvalue weighted by Crippen LogP contribution is 2.29. The summed E-state index contributed by atoms with van der Waals surface area (Å²) >= 11 is 0. The smallest absolute Gasteiger partial charge is 0.151 e. The predicted molar refractivity (Wildman–Crippen MR) is 44.4 cm³/mol. The molecule has 2 heterocycles. The van der Waals surface area contributed by atoms with Gasteiger partial charge in [0.1, 0.15) is 5.66 Å². The van der Waals surface area contributed by atoms with E-state index < -0.39 is 0 Å². The first-order valence-electron chi connectivity index (χ1n) is 3.60. The Labute approximate surface area is 65.8 Å². The average molecular weight is 148 g/mol. The van der Waals surface area contributed by atoms with Crippen LogP contribution in [-0.4, -0.2) is 10.6 Å². The zero-order valence-electron chi connectivity index (χ0n) is 6.60. The number of nitrogens with zero attached hydrogens (tertiary/aromatic N) is 1. The highest BCUT2D eigenvalue weighted by Gasteiger charge is 2.26. The first-order valence-corrected chi connectivity index (χ1v) is 3.60. The molecule has 3 heteroatoms. The Bertz CT molecular complexity index is 253. The lowest BCUT2D eigenvalue weighted by molar-refractivity contribution is 0.673. The molecule has 2 rings (SSSR count). The van der Waals surface area contributed by atoms with Gasteiger partial charge >= 0.3 is 0 Å². The van der Waals surface area contributed by atoms with Crippen molar-refractivity contribution in [1.29, 1.82) is 0 Å². The molecule has 0 saturated carbocycles. The Kier molecular flexibility index (Phi) is 1.10. The van der Waals surface area contributed by atoms with Gasteiger partial charge in [0.25, 0.3) is 0 Å². The summed E-state index contributed by atoms with van der Waals surface area (Å²) in [5.74, 6) is 0.887. The molecule has 11 heavy (non-hydrogen) atoms. The van der Waals surface area contributed by atoms with E-state index in [2.05, 4.69) is 35.5 Å². The molecule has 0 spiro atoms. The summed E-state index contributed by atoms with van der Waals surface area (Å²) in [5, 5.41) is 6.46. The minimum Gasteiger partial charge on any atom is -0.360 e. The molecule has 1 aliphatic rings. The molecule has 1 aliphatic heterocycles. The lowest BCUT2D eigenvalue weighted by Gasteiger charge is -2.18. The Morgan fingerprint density at radius 3 is 3.00 bits per heavy atom. The van der Waals surface area contributed by atoms with E-state index in [1.54, 1.807) is 12.3 Å². The van der Waals surface area contributed by atoms with Crippen LogP contribution in [0.2, 0.25) is 0 Å². The van der Waals surface area contributed by atoms with Gasteiger partial charge in [-0.15, -0.1) is 0 Å². The molecule has 0 aromatic carbocycles. The van der Waals surface area contributed by atoms with Crippen LogP contribution in [0.1, 0.15) is 13.8 Å². The molecular formula is C8H10N3. The van der Waals surface area contributed by atoms with Gasteiger partial charge in [-0.2, -0.15) is 0 Å². The van der Waals surface area contributed by atoms with Gasteiger partial charge < -0.3 is 10.6 Å². The van der Waals surface area contributed by atoms with Crippen LogP contribution in [0.25, 0.3) is 0 Å². The quantitative estimate of drug-likeness (QED) is 0.584. The van der Waals surface area contributed by atoms with Crippen molar-refractivity contribution in [3.63, 3.8) is 0 Å². The Balaban J connectivity index is 2.41. The van der Waals surface area contributed by atoms with Gasteiger partial charge in [0.2, 0.25) is 0 Å². The summed E-state index contributed by atoms with van der Waals surface area (Å²) in [4.78, 5) is 4.15. The van der Waals surface area contributed by atoms with Gasteiger partial charge in [-0.25, -0.2) is 4.98 Å². The Morgan fingerprint density at radius 1 is 1.45 bits per heavy atom. The van der Waals surface area contributed by atoms with Crippen LogP contribution in [0, 0.1) is 6.07 Å². The summed E-state index contributed by atoms with van der Waals surface area (Å²) in [7, 11) is 0. The number of hydrogen-bond donors (Lipinski definition) is 2. The van der Waals surface area contributed by atoms with Crippen molar-refractivity contribution >= 4 is 11.5 Å². The second-order valence-electron chi connectivity index (χ2n) is 3.19. The molecular weight excluding hydrogens is 138 g/mol. The Hall–Kier alpha value is -1.25. The van der Waals surface area contributed by atoms with E-state index in [9.17, 15) is 0 Å². The van der Waals surface area contributed by atoms with E-state index in [-0.39, 0.29) is 5.66 Å². The molecule has 0 amide bonds. The van der Waals surface area contributed by atoms with Gasteiger partial charge in [0.05, 0.1) is 5.69 Å². The lowest BCUT2D eigenvalue weighted by Crippen LogP contribution is -2.33. The van der Waals surface area contributed by atoms with Crippen LogP contribution in [0.5, 0.6) is 0 Å². The largest absolute Gasteiger partial charge is 0.360 e. The fourth-order valence-electron chi connectivity index (χ4n) is 1.20. The molecule has 1 aromatic heterocycles. The summed E-state index contributed by atoms with van der Waals surface area (Å²) in [5.41, 5.74) is 0.866. The van der Waals surface area contributed by atoms with Crippen LogP contribution in [-0.2, 0) is 0 Å². The first kappa shape index (κ1) is 6.46. The minimum atomic E-state index is -0.0901. The number of aromatic nitrogens is 1. The van der Waals surface area contributed by atoms with Gasteiger partial charge in [-0.1, -0.05) is 0 Å². The van der Waals surface area contributed by atoms with Gasteiger partial charge in [-0.3, -0.25) is 0 Å². The van der Waals surface area contributed by atoms with Crippen molar-refractivity contribution in [1.82, 2.24) is 4.98 Å². The molecule has 0 saturated heterocycles. The van der Waals surface area contributed by atoms with Crippen molar-refractivity contribution in [2.24, 2.45) is 0 Å². The van der Waals surface area contributed by atoms with Gasteiger partial charge in [-0.05, 0) is 19.9 Å². The zero-order chi connectivity index (χ0) is 7.90. The molecule has 1 radical (unpaired) electrons. The van der Waals surface area contributed by atoms with Crippen LogP contribution < -0.4 is 10.6 Å². The van der Waals surface area contributed by atoms with Crippen molar-refractivity contribution in [2.45, 2.75) is 19.5 Å². The van der Waals surface area contributed by atoms with E-state index in [0.717, 1.165) is 11.5 Å². The van der Waals surface area contributed by atoms with Crippen LogP contribution >= 0.6 is 0 Å². The predicted octanol–water partition coefficient (Wildman–Crippen LogP) is 1.46. The van der Waals surface area contributed by atoms with Crippen LogP contribution in [0.4, 0.5) is 11.5 Å². The third-order valence-corrected chi connectivity index (χ3v) is 1.61. The second-order valence-corrected chi connectivity index (χ2v) is 3.19. The van der Waals surface area contributed by atoms with Crippen molar-refractivity contribution < 1.29 is 0 Å². The normalized spacial score (nSPS) is 18.4. The maximum atomic E-state index is 4.15. The van der Waals surface area contributed by atoms with E-state index >= 15 is 0 Å². The second kappa shape index (κ2) is 1.87. The van der Waals surface area contributed by atoms with Crippen LogP contribution in [0.15, 0.2) is 12.3 Å². The SMILES string of the molecule is CC1(C)Nc2[c]ccnc2N1. The summed E-state index contributed by atoms with van der Waals surface area (Å²) in [6, 6.07) is 4.87. The summed E-state index contributed by atoms with van der Waals surface area (Å²) < 4.78 is 0. The molecule has 1 aromatic rings.